The average molecular weight is 289 g/mol. The number of benzene rings is 1. The number of nitrogen functional groups attached to an aromatic ring is 1. The van der Waals surface area contributed by atoms with Gasteiger partial charge in [-0.25, -0.2) is 10.8 Å². The number of para-hydroxylation sites is 2. The van der Waals surface area contributed by atoms with Crippen LogP contribution in [0, 0.1) is 0 Å². The topological polar surface area (TPSA) is 111 Å². The molecule has 0 atom stereocenters. The van der Waals surface area contributed by atoms with Crippen LogP contribution >= 0.6 is 0 Å². The molecule has 0 aliphatic carbocycles. The Morgan fingerprint density at radius 2 is 2.05 bits per heavy atom. The van der Waals surface area contributed by atoms with Crippen LogP contribution in [-0.4, -0.2) is 23.0 Å². The van der Waals surface area contributed by atoms with Crippen LogP contribution in [0.15, 0.2) is 30.6 Å². The molecule has 2 rings (SSSR count). The minimum Gasteiger partial charge on any atom is -0.489 e. The number of aromatic nitrogens is 2. The summed E-state index contributed by atoms with van der Waals surface area (Å²) in [6, 6.07) is 6.97. The number of anilines is 2. The quantitative estimate of drug-likeness (QED) is 0.565. The standard InChI is InChI=1S/C13H15N5O3/c1-8(19)17-9-5-3-4-6-10(9)21-13-11(20-2)12(18-14)15-7-16-13/h3-7H,14H2,1-2H3,(H,17,19)(H,15,16,18). The van der Waals surface area contributed by atoms with E-state index in [1.165, 1.54) is 20.4 Å². The van der Waals surface area contributed by atoms with Crippen molar-refractivity contribution in [2.75, 3.05) is 17.9 Å². The minimum absolute atomic E-state index is 0.179. The van der Waals surface area contributed by atoms with E-state index in [-0.39, 0.29) is 17.5 Å². The number of amides is 1. The second-order valence-corrected chi connectivity index (χ2v) is 3.98. The summed E-state index contributed by atoms with van der Waals surface area (Å²) in [5, 5.41) is 2.67. The summed E-state index contributed by atoms with van der Waals surface area (Å²) in [4.78, 5) is 19.1. The first-order valence-electron chi connectivity index (χ1n) is 6.05. The van der Waals surface area contributed by atoms with Gasteiger partial charge >= 0.3 is 0 Å². The van der Waals surface area contributed by atoms with E-state index >= 15 is 0 Å². The van der Waals surface area contributed by atoms with Crippen LogP contribution in [-0.2, 0) is 4.79 Å². The normalized spacial score (nSPS) is 9.86. The van der Waals surface area contributed by atoms with Gasteiger partial charge in [0.25, 0.3) is 5.88 Å². The first-order valence-corrected chi connectivity index (χ1v) is 6.05. The van der Waals surface area contributed by atoms with Crippen LogP contribution in [0.1, 0.15) is 6.92 Å². The zero-order valence-corrected chi connectivity index (χ0v) is 11.6. The highest BCUT2D eigenvalue weighted by Gasteiger charge is 2.15. The van der Waals surface area contributed by atoms with E-state index in [4.69, 9.17) is 15.3 Å². The minimum atomic E-state index is -0.204. The predicted octanol–water partition coefficient (Wildman–Crippen LogP) is 1.52. The largest absolute Gasteiger partial charge is 0.489 e. The van der Waals surface area contributed by atoms with Gasteiger partial charge in [-0.05, 0) is 12.1 Å². The van der Waals surface area contributed by atoms with Gasteiger partial charge < -0.3 is 20.2 Å². The summed E-state index contributed by atoms with van der Waals surface area (Å²) >= 11 is 0. The molecule has 1 aromatic heterocycles. The van der Waals surface area contributed by atoms with Gasteiger partial charge in [0.15, 0.2) is 11.6 Å². The molecule has 0 saturated carbocycles. The number of carbonyl (C=O) groups excluding carboxylic acids is 1. The predicted molar refractivity (Wildman–Crippen MR) is 77.2 cm³/mol. The fraction of sp³-hybridized carbons (Fsp3) is 0.154. The van der Waals surface area contributed by atoms with Crippen molar-refractivity contribution in [1.82, 2.24) is 9.97 Å². The van der Waals surface area contributed by atoms with Crippen molar-refractivity contribution >= 4 is 17.4 Å². The molecule has 1 aromatic carbocycles. The van der Waals surface area contributed by atoms with E-state index in [9.17, 15) is 4.79 Å². The number of nitrogens with zero attached hydrogens (tertiary/aromatic N) is 2. The van der Waals surface area contributed by atoms with Crippen molar-refractivity contribution in [2.45, 2.75) is 6.92 Å². The van der Waals surface area contributed by atoms with E-state index in [0.717, 1.165) is 0 Å². The summed E-state index contributed by atoms with van der Waals surface area (Å²) in [7, 11) is 1.45. The summed E-state index contributed by atoms with van der Waals surface area (Å²) < 4.78 is 10.9. The summed E-state index contributed by atoms with van der Waals surface area (Å²) in [6.07, 6.45) is 1.29. The maximum atomic E-state index is 11.2. The zero-order valence-electron chi connectivity index (χ0n) is 11.6. The molecule has 0 aliphatic heterocycles. The maximum Gasteiger partial charge on any atom is 0.268 e. The molecule has 21 heavy (non-hydrogen) atoms. The van der Waals surface area contributed by atoms with Crippen molar-refractivity contribution in [2.24, 2.45) is 5.84 Å². The Kier molecular flexibility index (Phi) is 4.52. The smallest absolute Gasteiger partial charge is 0.268 e. The molecule has 0 spiro atoms. The van der Waals surface area contributed by atoms with Crippen LogP contribution in [0.25, 0.3) is 0 Å². The van der Waals surface area contributed by atoms with E-state index in [1.807, 2.05) is 0 Å². The molecule has 0 fully saturated rings. The van der Waals surface area contributed by atoms with E-state index in [1.54, 1.807) is 24.3 Å². The molecule has 110 valence electrons. The lowest BCUT2D eigenvalue weighted by atomic mass is 10.3. The van der Waals surface area contributed by atoms with Gasteiger partial charge in [-0.15, -0.1) is 0 Å². The fourth-order valence-corrected chi connectivity index (χ4v) is 1.67. The lowest BCUT2D eigenvalue weighted by Gasteiger charge is -2.14. The lowest BCUT2D eigenvalue weighted by Crippen LogP contribution is -2.11. The Morgan fingerprint density at radius 1 is 1.29 bits per heavy atom. The second-order valence-electron chi connectivity index (χ2n) is 3.98. The van der Waals surface area contributed by atoms with Crippen LogP contribution in [0.5, 0.6) is 17.4 Å². The fourth-order valence-electron chi connectivity index (χ4n) is 1.67. The van der Waals surface area contributed by atoms with E-state index < -0.39 is 0 Å². The van der Waals surface area contributed by atoms with E-state index in [0.29, 0.717) is 17.3 Å². The Hall–Kier alpha value is -2.87. The SMILES string of the molecule is COc1c(NN)ncnc1Oc1ccccc1NC(C)=O. The summed E-state index contributed by atoms with van der Waals surface area (Å²) in [6.45, 7) is 1.42. The van der Waals surface area contributed by atoms with Gasteiger partial charge in [-0.3, -0.25) is 4.79 Å². The Bertz CT molecular complexity index is 647. The highest BCUT2D eigenvalue weighted by atomic mass is 16.5. The number of ether oxygens (including phenoxy) is 2. The Morgan fingerprint density at radius 3 is 2.71 bits per heavy atom. The molecule has 2 aromatic rings. The van der Waals surface area contributed by atoms with Gasteiger partial charge in [0, 0.05) is 6.92 Å². The van der Waals surface area contributed by atoms with Crippen LogP contribution in [0.2, 0.25) is 0 Å². The monoisotopic (exact) mass is 289 g/mol. The summed E-state index contributed by atoms with van der Waals surface area (Å²) in [5.74, 6) is 6.30. The van der Waals surface area contributed by atoms with Gasteiger partial charge in [0.2, 0.25) is 11.7 Å². The molecule has 4 N–H and O–H groups in total. The van der Waals surface area contributed by atoms with Crippen molar-refractivity contribution in [3.63, 3.8) is 0 Å². The van der Waals surface area contributed by atoms with Gasteiger partial charge in [0.1, 0.15) is 6.33 Å². The zero-order chi connectivity index (χ0) is 15.2. The molecule has 0 radical (unpaired) electrons. The number of hydrogen-bond donors (Lipinski definition) is 3. The second kappa shape index (κ2) is 6.53. The number of carbonyl (C=O) groups is 1. The number of rotatable bonds is 5. The van der Waals surface area contributed by atoms with Crippen molar-refractivity contribution in [1.29, 1.82) is 0 Å². The lowest BCUT2D eigenvalue weighted by molar-refractivity contribution is -0.114. The third-order valence-corrected chi connectivity index (χ3v) is 2.52. The number of hydrogen-bond acceptors (Lipinski definition) is 7. The van der Waals surface area contributed by atoms with Gasteiger partial charge in [0.05, 0.1) is 12.8 Å². The molecular formula is C13H15N5O3. The number of hydrazine groups is 1. The molecule has 1 heterocycles. The maximum absolute atomic E-state index is 11.2. The molecule has 0 bridgehead atoms. The van der Waals surface area contributed by atoms with E-state index in [2.05, 4.69) is 20.7 Å². The number of nitrogens with two attached hydrogens (primary N) is 1. The van der Waals surface area contributed by atoms with Crippen LogP contribution < -0.4 is 26.1 Å². The first-order chi connectivity index (χ1) is 10.2. The number of nitrogens with one attached hydrogen (secondary N) is 2. The molecular weight excluding hydrogens is 274 g/mol. The molecule has 0 aliphatic rings. The van der Waals surface area contributed by atoms with Gasteiger partial charge in [-0.2, -0.15) is 4.98 Å². The Balaban J connectivity index is 2.36. The van der Waals surface area contributed by atoms with Crippen LogP contribution in [0.4, 0.5) is 11.5 Å². The Labute approximate surface area is 121 Å². The third-order valence-electron chi connectivity index (χ3n) is 2.52. The van der Waals surface area contributed by atoms with Gasteiger partial charge in [-0.1, -0.05) is 12.1 Å². The summed E-state index contributed by atoms with van der Waals surface area (Å²) in [5.41, 5.74) is 2.91. The number of methoxy groups -OCH3 is 1. The van der Waals surface area contributed by atoms with Crippen LogP contribution in [0.3, 0.4) is 0 Å². The molecule has 8 nitrogen and oxygen atoms in total. The molecule has 8 heteroatoms. The van der Waals surface area contributed by atoms with Crippen molar-refractivity contribution < 1.29 is 14.3 Å². The van der Waals surface area contributed by atoms with Crippen molar-refractivity contribution in [3.8, 4) is 17.4 Å². The third kappa shape index (κ3) is 3.37. The molecule has 1 amide bonds. The molecule has 0 saturated heterocycles. The first kappa shape index (κ1) is 14.5. The highest BCUT2D eigenvalue weighted by Crippen LogP contribution is 2.36. The van der Waals surface area contributed by atoms with Crippen molar-refractivity contribution in [3.05, 3.63) is 30.6 Å². The average Bonchev–Trinajstić information content (AvgIpc) is 2.48. The molecule has 0 unspecified atom stereocenters. The highest BCUT2D eigenvalue weighted by molar-refractivity contribution is 5.90.